The molecule has 0 aliphatic heterocycles. The molecule has 2 rings (SSSR count). The van der Waals surface area contributed by atoms with Gasteiger partial charge in [-0.15, -0.1) is 0 Å². The predicted molar refractivity (Wildman–Crippen MR) is 75.3 cm³/mol. The summed E-state index contributed by atoms with van der Waals surface area (Å²) >= 11 is 3.23. The van der Waals surface area contributed by atoms with Gasteiger partial charge in [0.1, 0.15) is 0 Å². The first-order valence-electron chi connectivity index (χ1n) is 6.06. The van der Waals surface area contributed by atoms with Gasteiger partial charge in [0.05, 0.1) is 5.75 Å². The first-order valence-corrected chi connectivity index (χ1v) is 8.27. The molecule has 1 aromatic heterocycles. The van der Waals surface area contributed by atoms with Crippen molar-refractivity contribution >= 4 is 29.5 Å². The van der Waals surface area contributed by atoms with E-state index in [1.807, 2.05) is 18.0 Å². The van der Waals surface area contributed by atoms with Crippen molar-refractivity contribution in [3.8, 4) is 0 Å². The Labute approximate surface area is 116 Å². The summed E-state index contributed by atoms with van der Waals surface area (Å²) < 4.78 is 2.43. The molecule has 0 atom stereocenters. The van der Waals surface area contributed by atoms with Gasteiger partial charge in [-0.2, -0.15) is 11.8 Å². The molecular formula is C12H18N2O2S2. The average Bonchev–Trinajstić information content (AvgIpc) is 2.97. The number of thioether (sulfide) groups is 2. The number of imidazole rings is 1. The second kappa shape index (κ2) is 6.02. The number of carboxylic acids is 1. The van der Waals surface area contributed by atoms with Gasteiger partial charge in [0, 0.05) is 23.7 Å². The number of hydrogen-bond acceptors (Lipinski definition) is 4. The molecule has 1 saturated carbocycles. The molecule has 0 bridgehead atoms. The third kappa shape index (κ3) is 3.23. The van der Waals surface area contributed by atoms with E-state index in [0.29, 0.717) is 4.75 Å². The van der Waals surface area contributed by atoms with E-state index in [1.54, 1.807) is 6.20 Å². The molecule has 1 aromatic rings. The fraction of sp³-hybridized carbons (Fsp3) is 0.667. The van der Waals surface area contributed by atoms with Crippen LogP contribution in [0.4, 0.5) is 0 Å². The van der Waals surface area contributed by atoms with Crippen LogP contribution in [-0.4, -0.2) is 37.4 Å². The van der Waals surface area contributed by atoms with Crippen LogP contribution in [0.15, 0.2) is 17.6 Å². The van der Waals surface area contributed by atoms with Gasteiger partial charge in [0.15, 0.2) is 5.16 Å². The van der Waals surface area contributed by atoms with Gasteiger partial charge in [-0.3, -0.25) is 4.79 Å². The molecule has 0 unspecified atom stereocenters. The predicted octanol–water partition coefficient (Wildman–Crippen LogP) is 2.74. The monoisotopic (exact) mass is 286 g/mol. The number of carbonyl (C=O) groups is 1. The Balaban J connectivity index is 2.04. The highest BCUT2D eigenvalue weighted by molar-refractivity contribution is 8.00. The van der Waals surface area contributed by atoms with Gasteiger partial charge in [-0.05, 0) is 19.1 Å². The van der Waals surface area contributed by atoms with E-state index in [2.05, 4.69) is 15.8 Å². The maximum Gasteiger partial charge on any atom is 0.313 e. The van der Waals surface area contributed by atoms with Gasteiger partial charge in [0.25, 0.3) is 0 Å². The summed E-state index contributed by atoms with van der Waals surface area (Å²) in [4.78, 5) is 14.9. The maximum absolute atomic E-state index is 10.6. The SMILES string of the molecule is CSC1(Cn2ccnc2SCC(=O)O)CCCC1. The van der Waals surface area contributed by atoms with E-state index >= 15 is 0 Å². The van der Waals surface area contributed by atoms with Crippen molar-refractivity contribution in [3.63, 3.8) is 0 Å². The van der Waals surface area contributed by atoms with Gasteiger partial charge < -0.3 is 9.67 Å². The van der Waals surface area contributed by atoms with Crippen LogP contribution < -0.4 is 0 Å². The van der Waals surface area contributed by atoms with Gasteiger partial charge in [-0.25, -0.2) is 4.98 Å². The van der Waals surface area contributed by atoms with E-state index in [0.717, 1.165) is 11.7 Å². The van der Waals surface area contributed by atoms with Crippen LogP contribution in [0.5, 0.6) is 0 Å². The Morgan fingerprint density at radius 3 is 2.89 bits per heavy atom. The van der Waals surface area contributed by atoms with Gasteiger partial charge in [-0.1, -0.05) is 24.6 Å². The Morgan fingerprint density at radius 1 is 1.56 bits per heavy atom. The van der Waals surface area contributed by atoms with Gasteiger partial charge in [0.2, 0.25) is 0 Å². The van der Waals surface area contributed by atoms with Crippen molar-refractivity contribution in [2.24, 2.45) is 0 Å². The van der Waals surface area contributed by atoms with Crippen LogP contribution in [0.1, 0.15) is 25.7 Å². The largest absolute Gasteiger partial charge is 0.481 e. The number of rotatable bonds is 6. The molecule has 1 N–H and O–H groups in total. The topological polar surface area (TPSA) is 55.1 Å². The van der Waals surface area contributed by atoms with Crippen molar-refractivity contribution in [3.05, 3.63) is 12.4 Å². The van der Waals surface area contributed by atoms with Crippen molar-refractivity contribution in [2.45, 2.75) is 42.1 Å². The lowest BCUT2D eigenvalue weighted by atomic mass is 10.1. The maximum atomic E-state index is 10.6. The fourth-order valence-electron chi connectivity index (χ4n) is 2.44. The van der Waals surface area contributed by atoms with Crippen molar-refractivity contribution in [1.29, 1.82) is 0 Å². The number of hydrogen-bond donors (Lipinski definition) is 1. The Kier molecular flexibility index (Phi) is 4.61. The standard InChI is InChI=1S/C12H18N2O2S2/c1-17-12(4-2-3-5-12)9-14-7-6-13-11(14)18-8-10(15)16/h6-7H,2-5,8-9H2,1H3,(H,15,16). The number of aromatic nitrogens is 2. The second-order valence-corrected chi connectivity index (χ2v) is 6.83. The molecule has 0 amide bonds. The minimum absolute atomic E-state index is 0.0727. The number of carboxylic acid groups (broad SMARTS) is 1. The molecule has 6 heteroatoms. The second-order valence-electron chi connectivity index (χ2n) is 4.61. The summed E-state index contributed by atoms with van der Waals surface area (Å²) in [7, 11) is 0. The zero-order valence-corrected chi connectivity index (χ0v) is 12.1. The fourth-order valence-corrected chi connectivity index (χ4v) is 4.08. The van der Waals surface area contributed by atoms with Crippen LogP contribution in [0.2, 0.25) is 0 Å². The third-order valence-corrected chi connectivity index (χ3v) is 5.80. The molecule has 18 heavy (non-hydrogen) atoms. The zero-order valence-electron chi connectivity index (χ0n) is 10.5. The molecule has 0 radical (unpaired) electrons. The summed E-state index contributed by atoms with van der Waals surface area (Å²) in [6.45, 7) is 0.941. The molecule has 100 valence electrons. The quantitative estimate of drug-likeness (QED) is 0.815. The smallest absolute Gasteiger partial charge is 0.313 e. The molecule has 4 nitrogen and oxygen atoms in total. The van der Waals surface area contributed by atoms with Crippen molar-refractivity contribution < 1.29 is 9.90 Å². The molecule has 1 aliphatic carbocycles. The highest BCUT2D eigenvalue weighted by Crippen LogP contribution is 2.42. The summed E-state index contributed by atoms with van der Waals surface area (Å²) in [5, 5.41) is 9.54. The van der Waals surface area contributed by atoms with Crippen molar-refractivity contribution in [1.82, 2.24) is 9.55 Å². The summed E-state index contributed by atoms with van der Waals surface area (Å²) in [6.07, 6.45) is 11.0. The van der Waals surface area contributed by atoms with Crippen LogP contribution in [-0.2, 0) is 11.3 Å². The van der Waals surface area contributed by atoms with Crippen molar-refractivity contribution in [2.75, 3.05) is 12.0 Å². The summed E-state index contributed by atoms with van der Waals surface area (Å²) in [6, 6.07) is 0. The normalized spacial score (nSPS) is 18.1. The number of nitrogens with zero attached hydrogens (tertiary/aromatic N) is 2. The number of aliphatic carboxylic acids is 1. The van der Waals surface area contributed by atoms with E-state index in [4.69, 9.17) is 5.11 Å². The molecule has 1 heterocycles. The van der Waals surface area contributed by atoms with E-state index in [-0.39, 0.29) is 5.75 Å². The Bertz CT molecular complexity index is 414. The highest BCUT2D eigenvalue weighted by atomic mass is 32.2. The van der Waals surface area contributed by atoms with Crippen LogP contribution in [0.3, 0.4) is 0 Å². The molecule has 0 aromatic carbocycles. The summed E-state index contributed by atoms with van der Waals surface area (Å²) in [5.41, 5.74) is 0. The van der Waals surface area contributed by atoms with E-state index in [9.17, 15) is 4.79 Å². The molecular weight excluding hydrogens is 268 g/mol. The molecule has 1 aliphatic rings. The first kappa shape index (κ1) is 13.8. The molecule has 0 saturated heterocycles. The van der Waals surface area contributed by atoms with E-state index < -0.39 is 5.97 Å². The minimum Gasteiger partial charge on any atom is -0.481 e. The Hall–Kier alpha value is -0.620. The zero-order chi connectivity index (χ0) is 13.0. The first-order chi connectivity index (χ1) is 8.65. The average molecular weight is 286 g/mol. The van der Waals surface area contributed by atoms with Crippen LogP contribution in [0, 0.1) is 0 Å². The van der Waals surface area contributed by atoms with E-state index in [1.165, 1.54) is 37.4 Å². The lowest BCUT2D eigenvalue weighted by molar-refractivity contribution is -0.133. The lowest BCUT2D eigenvalue weighted by Crippen LogP contribution is -2.27. The molecule has 1 fully saturated rings. The lowest BCUT2D eigenvalue weighted by Gasteiger charge is -2.27. The van der Waals surface area contributed by atoms with Gasteiger partial charge >= 0.3 is 5.97 Å². The van der Waals surface area contributed by atoms with Crippen LogP contribution in [0.25, 0.3) is 0 Å². The highest BCUT2D eigenvalue weighted by Gasteiger charge is 2.33. The Morgan fingerprint density at radius 2 is 2.28 bits per heavy atom. The molecule has 0 spiro atoms. The van der Waals surface area contributed by atoms with Crippen LogP contribution >= 0.6 is 23.5 Å². The third-order valence-electron chi connectivity index (χ3n) is 3.41. The minimum atomic E-state index is -0.796. The summed E-state index contributed by atoms with van der Waals surface area (Å²) in [5.74, 6) is -0.724.